The number of hydrogen-bond donors (Lipinski definition) is 2. The fourth-order valence-electron chi connectivity index (χ4n) is 2.45. The monoisotopic (exact) mass is 378 g/mol. The van der Waals surface area contributed by atoms with Gasteiger partial charge in [-0.05, 0) is 12.5 Å². The van der Waals surface area contributed by atoms with Crippen LogP contribution in [-0.2, 0) is 14.3 Å². The minimum atomic E-state index is -0.742. The number of amides is 2. The molecule has 0 aliphatic carbocycles. The van der Waals surface area contributed by atoms with Crippen LogP contribution in [0.3, 0.4) is 0 Å². The number of aromatic nitrogens is 2. The SMILES string of the molecule is Cc1nnc(SCCNC(=O)[C@H]2OCC(=O)N[C@@H]2c2ccccc2)s1. The van der Waals surface area contributed by atoms with Crippen LogP contribution in [0.4, 0.5) is 0 Å². The first-order chi connectivity index (χ1) is 12.1. The number of carbonyl (C=O) groups is 2. The second-order valence-corrected chi connectivity index (χ2v) is 7.94. The molecule has 0 radical (unpaired) electrons. The van der Waals surface area contributed by atoms with Crippen molar-refractivity contribution >= 4 is 34.9 Å². The van der Waals surface area contributed by atoms with Gasteiger partial charge in [-0.2, -0.15) is 0 Å². The zero-order chi connectivity index (χ0) is 17.6. The van der Waals surface area contributed by atoms with Crippen molar-refractivity contribution in [3.05, 3.63) is 40.9 Å². The lowest BCUT2D eigenvalue weighted by molar-refractivity contribution is -0.147. The molecular formula is C16H18N4O3S2. The number of nitrogens with one attached hydrogen (secondary N) is 2. The number of hydrogen-bond acceptors (Lipinski definition) is 7. The van der Waals surface area contributed by atoms with Crippen LogP contribution in [0.2, 0.25) is 0 Å². The predicted octanol–water partition coefficient (Wildman–Crippen LogP) is 1.31. The Hall–Kier alpha value is -1.97. The molecule has 2 N–H and O–H groups in total. The Kier molecular flexibility index (Phi) is 6.00. The average Bonchev–Trinajstić information content (AvgIpc) is 3.04. The summed E-state index contributed by atoms with van der Waals surface area (Å²) in [5.74, 6) is 0.234. The highest BCUT2D eigenvalue weighted by molar-refractivity contribution is 8.01. The van der Waals surface area contributed by atoms with E-state index < -0.39 is 12.1 Å². The van der Waals surface area contributed by atoms with Gasteiger partial charge in [0.25, 0.3) is 5.91 Å². The van der Waals surface area contributed by atoms with Crippen molar-refractivity contribution in [2.45, 2.75) is 23.4 Å². The summed E-state index contributed by atoms with van der Waals surface area (Å²) in [6.45, 7) is 2.28. The normalized spacial score (nSPS) is 20.1. The van der Waals surface area contributed by atoms with Crippen LogP contribution in [-0.4, -0.2) is 47.0 Å². The second-order valence-electron chi connectivity index (χ2n) is 5.41. The van der Waals surface area contributed by atoms with Crippen molar-refractivity contribution < 1.29 is 14.3 Å². The van der Waals surface area contributed by atoms with E-state index in [2.05, 4.69) is 20.8 Å². The smallest absolute Gasteiger partial charge is 0.251 e. The standard InChI is InChI=1S/C16H18N4O3S2/c1-10-19-20-16(25-10)24-8-7-17-15(22)14-13(18-12(21)9-23-14)11-5-3-2-4-6-11/h2-6,13-14H,7-9H2,1H3,(H,17,22)(H,18,21)/t13-,14+/m1/s1. The van der Waals surface area contributed by atoms with Crippen molar-refractivity contribution in [3.63, 3.8) is 0 Å². The Labute approximate surface area is 153 Å². The number of aryl methyl sites for hydroxylation is 1. The van der Waals surface area contributed by atoms with Crippen LogP contribution < -0.4 is 10.6 Å². The molecule has 1 fully saturated rings. The molecule has 3 rings (SSSR count). The number of morpholine rings is 1. The molecule has 2 heterocycles. The molecule has 1 saturated heterocycles. The van der Waals surface area contributed by atoms with Gasteiger partial charge in [0.15, 0.2) is 10.4 Å². The van der Waals surface area contributed by atoms with Gasteiger partial charge >= 0.3 is 0 Å². The highest BCUT2D eigenvalue weighted by Gasteiger charge is 2.35. The first kappa shape index (κ1) is 17.8. The predicted molar refractivity (Wildman–Crippen MR) is 95.4 cm³/mol. The zero-order valence-electron chi connectivity index (χ0n) is 13.6. The van der Waals surface area contributed by atoms with Crippen molar-refractivity contribution in [3.8, 4) is 0 Å². The minimum absolute atomic E-state index is 0.111. The molecule has 2 aromatic rings. The topological polar surface area (TPSA) is 93.2 Å². The van der Waals surface area contributed by atoms with E-state index in [0.717, 1.165) is 14.9 Å². The summed E-state index contributed by atoms with van der Waals surface area (Å²) in [6.07, 6.45) is -0.742. The maximum atomic E-state index is 12.5. The lowest BCUT2D eigenvalue weighted by Crippen LogP contribution is -2.52. The second kappa shape index (κ2) is 8.41. The number of nitrogens with zero attached hydrogens (tertiary/aromatic N) is 2. The van der Waals surface area contributed by atoms with Gasteiger partial charge < -0.3 is 15.4 Å². The van der Waals surface area contributed by atoms with Crippen molar-refractivity contribution in [2.75, 3.05) is 18.9 Å². The number of rotatable bonds is 6. The largest absolute Gasteiger partial charge is 0.356 e. The lowest BCUT2D eigenvalue weighted by atomic mass is 9.99. The molecule has 25 heavy (non-hydrogen) atoms. The van der Waals surface area contributed by atoms with E-state index in [1.807, 2.05) is 37.3 Å². The van der Waals surface area contributed by atoms with Crippen LogP contribution >= 0.6 is 23.1 Å². The van der Waals surface area contributed by atoms with E-state index in [1.165, 1.54) is 11.3 Å². The summed E-state index contributed by atoms with van der Waals surface area (Å²) in [4.78, 5) is 24.1. The first-order valence-electron chi connectivity index (χ1n) is 7.80. The van der Waals surface area contributed by atoms with Gasteiger partial charge in [0.05, 0.1) is 6.04 Å². The lowest BCUT2D eigenvalue weighted by Gasteiger charge is -2.31. The van der Waals surface area contributed by atoms with Crippen LogP contribution in [0, 0.1) is 6.92 Å². The van der Waals surface area contributed by atoms with Crippen LogP contribution in [0.5, 0.6) is 0 Å². The molecule has 132 valence electrons. The molecule has 1 aliphatic rings. The molecule has 2 atom stereocenters. The summed E-state index contributed by atoms with van der Waals surface area (Å²) < 4.78 is 6.37. The molecule has 9 heteroatoms. The van der Waals surface area contributed by atoms with Gasteiger partial charge in [-0.25, -0.2) is 0 Å². The Morgan fingerprint density at radius 2 is 2.20 bits per heavy atom. The third-order valence-corrected chi connectivity index (χ3v) is 5.54. The van der Waals surface area contributed by atoms with Gasteiger partial charge in [-0.1, -0.05) is 53.4 Å². The van der Waals surface area contributed by atoms with Crippen LogP contribution in [0.15, 0.2) is 34.7 Å². The molecule has 0 saturated carbocycles. The molecule has 0 bridgehead atoms. The number of benzene rings is 1. The molecule has 0 spiro atoms. The third kappa shape index (κ3) is 4.77. The summed E-state index contributed by atoms with van der Waals surface area (Å²) in [6, 6.07) is 8.87. The fourth-order valence-corrected chi connectivity index (χ4v) is 4.19. The van der Waals surface area contributed by atoms with Crippen molar-refractivity contribution in [1.82, 2.24) is 20.8 Å². The number of ether oxygens (including phenoxy) is 1. The summed E-state index contributed by atoms with van der Waals surface area (Å²) >= 11 is 3.08. The molecule has 1 aromatic heterocycles. The Morgan fingerprint density at radius 1 is 1.40 bits per heavy atom. The van der Waals surface area contributed by atoms with Crippen LogP contribution in [0.1, 0.15) is 16.6 Å². The van der Waals surface area contributed by atoms with Crippen molar-refractivity contribution in [2.24, 2.45) is 0 Å². The molecule has 1 aliphatic heterocycles. The van der Waals surface area contributed by atoms with E-state index >= 15 is 0 Å². The van der Waals surface area contributed by atoms with Gasteiger partial charge in [0, 0.05) is 12.3 Å². The maximum absolute atomic E-state index is 12.5. The Balaban J connectivity index is 1.54. The van der Waals surface area contributed by atoms with Crippen molar-refractivity contribution in [1.29, 1.82) is 0 Å². The molecular weight excluding hydrogens is 360 g/mol. The highest BCUT2D eigenvalue weighted by atomic mass is 32.2. The summed E-state index contributed by atoms with van der Waals surface area (Å²) in [5, 5.41) is 14.6. The Morgan fingerprint density at radius 3 is 2.92 bits per heavy atom. The number of thioether (sulfide) groups is 1. The van der Waals surface area contributed by atoms with Gasteiger partial charge in [-0.3, -0.25) is 9.59 Å². The van der Waals surface area contributed by atoms with E-state index in [1.54, 1.807) is 11.8 Å². The molecule has 1 aromatic carbocycles. The molecule has 2 amide bonds. The number of carbonyl (C=O) groups excluding carboxylic acids is 2. The molecule has 0 unspecified atom stereocenters. The quantitative estimate of drug-likeness (QED) is 0.582. The molecule has 7 nitrogen and oxygen atoms in total. The van der Waals surface area contributed by atoms with Gasteiger partial charge in [-0.15, -0.1) is 10.2 Å². The van der Waals surface area contributed by atoms with E-state index in [0.29, 0.717) is 12.3 Å². The van der Waals surface area contributed by atoms with E-state index in [-0.39, 0.29) is 18.4 Å². The highest BCUT2D eigenvalue weighted by Crippen LogP contribution is 2.23. The van der Waals surface area contributed by atoms with Crippen LogP contribution in [0.25, 0.3) is 0 Å². The van der Waals surface area contributed by atoms with E-state index in [4.69, 9.17) is 4.74 Å². The Bertz CT molecular complexity index is 738. The van der Waals surface area contributed by atoms with Gasteiger partial charge in [0.1, 0.15) is 11.6 Å². The van der Waals surface area contributed by atoms with E-state index in [9.17, 15) is 9.59 Å². The first-order valence-corrected chi connectivity index (χ1v) is 9.60. The maximum Gasteiger partial charge on any atom is 0.251 e. The summed E-state index contributed by atoms with van der Waals surface area (Å²) in [5.41, 5.74) is 0.842. The van der Waals surface area contributed by atoms with Gasteiger partial charge in [0.2, 0.25) is 5.91 Å². The third-order valence-electron chi connectivity index (χ3n) is 3.56. The zero-order valence-corrected chi connectivity index (χ0v) is 15.2. The minimum Gasteiger partial charge on any atom is -0.356 e. The fraction of sp³-hybridized carbons (Fsp3) is 0.375. The average molecular weight is 378 g/mol. The summed E-state index contributed by atoms with van der Waals surface area (Å²) in [7, 11) is 0.